The first kappa shape index (κ1) is 14.4. The molecule has 0 heterocycles. The highest BCUT2D eigenvalue weighted by Crippen LogP contribution is 2.28. The number of nitrogens with one attached hydrogen (secondary N) is 1. The van der Waals surface area contributed by atoms with Gasteiger partial charge in [0, 0.05) is 11.6 Å². The van der Waals surface area contributed by atoms with Crippen LogP contribution >= 0.6 is 0 Å². The van der Waals surface area contributed by atoms with E-state index in [2.05, 4.69) is 12.2 Å². The molecular formula is C16H23F2N. The Kier molecular flexibility index (Phi) is 4.92. The molecule has 1 aliphatic rings. The molecule has 1 aromatic rings. The van der Waals surface area contributed by atoms with Gasteiger partial charge in [-0.2, -0.15) is 0 Å². The van der Waals surface area contributed by atoms with Crippen LogP contribution in [-0.4, -0.2) is 6.54 Å². The van der Waals surface area contributed by atoms with Crippen molar-refractivity contribution in [1.82, 2.24) is 5.32 Å². The lowest BCUT2D eigenvalue weighted by Crippen LogP contribution is -2.28. The zero-order valence-electron chi connectivity index (χ0n) is 11.8. The van der Waals surface area contributed by atoms with Crippen molar-refractivity contribution < 1.29 is 8.78 Å². The molecule has 1 unspecified atom stereocenters. The molecule has 1 atom stereocenters. The van der Waals surface area contributed by atoms with Gasteiger partial charge in [-0.15, -0.1) is 0 Å². The van der Waals surface area contributed by atoms with Gasteiger partial charge in [0.1, 0.15) is 11.6 Å². The van der Waals surface area contributed by atoms with Crippen molar-refractivity contribution in [2.24, 2.45) is 11.8 Å². The van der Waals surface area contributed by atoms with E-state index in [-0.39, 0.29) is 17.7 Å². The monoisotopic (exact) mass is 267 g/mol. The predicted molar refractivity (Wildman–Crippen MR) is 73.9 cm³/mol. The summed E-state index contributed by atoms with van der Waals surface area (Å²) in [7, 11) is 0. The molecule has 0 spiro atoms. The van der Waals surface area contributed by atoms with Crippen LogP contribution in [0.4, 0.5) is 8.78 Å². The van der Waals surface area contributed by atoms with Gasteiger partial charge in [-0.3, -0.25) is 0 Å². The van der Waals surface area contributed by atoms with Crippen molar-refractivity contribution in [3.05, 3.63) is 35.4 Å². The van der Waals surface area contributed by atoms with Gasteiger partial charge in [0.2, 0.25) is 0 Å². The number of hydrogen-bond acceptors (Lipinski definition) is 1. The second-order valence-corrected chi connectivity index (χ2v) is 5.92. The first-order valence-corrected chi connectivity index (χ1v) is 7.24. The second-order valence-electron chi connectivity index (χ2n) is 5.92. The lowest BCUT2D eigenvalue weighted by Gasteiger charge is -2.27. The molecule has 0 aromatic heterocycles. The van der Waals surface area contributed by atoms with Crippen molar-refractivity contribution in [1.29, 1.82) is 0 Å². The van der Waals surface area contributed by atoms with Crippen LogP contribution in [0.3, 0.4) is 0 Å². The fourth-order valence-corrected chi connectivity index (χ4v) is 2.83. The number of halogens is 2. The fourth-order valence-electron chi connectivity index (χ4n) is 2.83. The SMILES string of the molecule is CC1CCC(CNC(C)c2cc(F)ccc2F)CC1. The predicted octanol–water partition coefficient (Wildman–Crippen LogP) is 4.44. The van der Waals surface area contributed by atoms with Crippen molar-refractivity contribution in [3.8, 4) is 0 Å². The van der Waals surface area contributed by atoms with Crippen molar-refractivity contribution in [3.63, 3.8) is 0 Å². The summed E-state index contributed by atoms with van der Waals surface area (Å²) in [6.07, 6.45) is 5.06. The highest BCUT2D eigenvalue weighted by molar-refractivity contribution is 5.21. The number of rotatable bonds is 4. The van der Waals surface area contributed by atoms with E-state index in [1.54, 1.807) is 0 Å². The van der Waals surface area contributed by atoms with Gasteiger partial charge in [0.25, 0.3) is 0 Å². The molecule has 2 rings (SSSR count). The van der Waals surface area contributed by atoms with Crippen LogP contribution in [0.15, 0.2) is 18.2 Å². The van der Waals surface area contributed by atoms with E-state index in [0.29, 0.717) is 11.5 Å². The third-order valence-corrected chi connectivity index (χ3v) is 4.27. The Hall–Kier alpha value is -0.960. The maximum Gasteiger partial charge on any atom is 0.128 e. The summed E-state index contributed by atoms with van der Waals surface area (Å²) in [5.74, 6) is 0.805. The molecule has 19 heavy (non-hydrogen) atoms. The van der Waals surface area contributed by atoms with E-state index in [0.717, 1.165) is 18.5 Å². The number of hydrogen-bond donors (Lipinski definition) is 1. The van der Waals surface area contributed by atoms with E-state index in [1.165, 1.54) is 37.8 Å². The maximum absolute atomic E-state index is 13.6. The molecule has 1 nitrogen and oxygen atoms in total. The van der Waals surface area contributed by atoms with Crippen molar-refractivity contribution in [2.45, 2.75) is 45.6 Å². The quantitative estimate of drug-likeness (QED) is 0.850. The van der Waals surface area contributed by atoms with Gasteiger partial charge in [-0.1, -0.05) is 19.8 Å². The summed E-state index contributed by atoms with van der Waals surface area (Å²) in [6.45, 7) is 5.08. The molecular weight excluding hydrogens is 244 g/mol. The first-order valence-electron chi connectivity index (χ1n) is 7.24. The average Bonchev–Trinajstić information content (AvgIpc) is 2.40. The van der Waals surface area contributed by atoms with E-state index in [1.807, 2.05) is 6.92 Å². The van der Waals surface area contributed by atoms with E-state index in [9.17, 15) is 8.78 Å². The summed E-state index contributed by atoms with van der Waals surface area (Å²) in [5, 5.41) is 3.34. The average molecular weight is 267 g/mol. The smallest absolute Gasteiger partial charge is 0.128 e. The summed E-state index contributed by atoms with van der Waals surface area (Å²) in [5.41, 5.74) is 0.421. The summed E-state index contributed by atoms with van der Waals surface area (Å²) in [4.78, 5) is 0. The molecule has 0 aliphatic heterocycles. The van der Waals surface area contributed by atoms with Gasteiger partial charge in [0.15, 0.2) is 0 Å². The molecule has 1 saturated carbocycles. The summed E-state index contributed by atoms with van der Waals surface area (Å²) >= 11 is 0. The van der Waals surface area contributed by atoms with E-state index in [4.69, 9.17) is 0 Å². The van der Waals surface area contributed by atoms with Gasteiger partial charge < -0.3 is 5.32 Å². The third kappa shape index (κ3) is 4.00. The molecule has 0 bridgehead atoms. The lowest BCUT2D eigenvalue weighted by molar-refractivity contribution is 0.275. The van der Waals surface area contributed by atoms with Crippen molar-refractivity contribution in [2.75, 3.05) is 6.54 Å². The highest BCUT2D eigenvalue weighted by atomic mass is 19.1. The Balaban J connectivity index is 1.87. The summed E-state index contributed by atoms with van der Waals surface area (Å²) in [6, 6.07) is 3.50. The maximum atomic E-state index is 13.6. The molecule has 1 N–H and O–H groups in total. The minimum Gasteiger partial charge on any atom is -0.310 e. The molecule has 0 amide bonds. The standard InChI is InChI=1S/C16H23F2N/c1-11-3-5-13(6-4-11)10-19-12(2)15-9-14(17)7-8-16(15)18/h7-9,11-13,19H,3-6,10H2,1-2H3. The Labute approximate surface area is 114 Å². The van der Waals surface area contributed by atoms with Gasteiger partial charge in [0.05, 0.1) is 0 Å². The Morgan fingerprint density at radius 2 is 1.89 bits per heavy atom. The first-order chi connectivity index (χ1) is 9.06. The van der Waals surface area contributed by atoms with Gasteiger partial charge >= 0.3 is 0 Å². The van der Waals surface area contributed by atoms with Crippen LogP contribution in [0, 0.1) is 23.5 Å². The molecule has 0 saturated heterocycles. The van der Waals surface area contributed by atoms with Crippen LogP contribution in [0.2, 0.25) is 0 Å². The van der Waals surface area contributed by atoms with Crippen molar-refractivity contribution >= 4 is 0 Å². The molecule has 1 aliphatic carbocycles. The topological polar surface area (TPSA) is 12.0 Å². The summed E-state index contributed by atoms with van der Waals surface area (Å²) < 4.78 is 26.8. The molecule has 106 valence electrons. The Morgan fingerprint density at radius 1 is 1.21 bits per heavy atom. The van der Waals surface area contributed by atoms with E-state index >= 15 is 0 Å². The Bertz CT molecular complexity index is 411. The molecule has 0 radical (unpaired) electrons. The van der Waals surface area contributed by atoms with Crippen LogP contribution in [0.1, 0.15) is 51.1 Å². The van der Waals surface area contributed by atoms with Crippen LogP contribution < -0.4 is 5.32 Å². The fraction of sp³-hybridized carbons (Fsp3) is 0.625. The molecule has 1 fully saturated rings. The Morgan fingerprint density at radius 3 is 2.58 bits per heavy atom. The zero-order valence-corrected chi connectivity index (χ0v) is 11.8. The molecule has 1 aromatic carbocycles. The number of benzene rings is 1. The van der Waals surface area contributed by atoms with E-state index < -0.39 is 0 Å². The normalized spacial score (nSPS) is 25.3. The molecule has 3 heteroatoms. The van der Waals surface area contributed by atoms with Crippen LogP contribution in [0.5, 0.6) is 0 Å². The largest absolute Gasteiger partial charge is 0.310 e. The minimum absolute atomic E-state index is 0.143. The third-order valence-electron chi connectivity index (χ3n) is 4.27. The highest BCUT2D eigenvalue weighted by Gasteiger charge is 2.19. The van der Waals surface area contributed by atoms with Crippen LogP contribution in [-0.2, 0) is 0 Å². The minimum atomic E-state index is -0.378. The van der Waals surface area contributed by atoms with Crippen LogP contribution in [0.25, 0.3) is 0 Å². The second kappa shape index (κ2) is 6.47. The zero-order chi connectivity index (χ0) is 13.8. The van der Waals surface area contributed by atoms with Gasteiger partial charge in [-0.25, -0.2) is 8.78 Å². The van der Waals surface area contributed by atoms with Gasteiger partial charge in [-0.05, 0) is 56.3 Å². The lowest BCUT2D eigenvalue weighted by atomic mass is 9.83.